The highest BCUT2D eigenvalue weighted by Crippen LogP contribution is 2.31. The average Bonchev–Trinajstić information content (AvgIpc) is 2.81. The number of ether oxygens (including phenoxy) is 1. The van der Waals surface area contributed by atoms with Crippen LogP contribution in [0.15, 0.2) is 36.5 Å². The van der Waals surface area contributed by atoms with Crippen molar-refractivity contribution in [2.45, 2.75) is 0 Å². The van der Waals surface area contributed by atoms with Gasteiger partial charge < -0.3 is 10.5 Å². The number of benzene rings is 1. The molecule has 0 radical (unpaired) electrons. The third kappa shape index (κ3) is 1.98. The maximum atomic E-state index is 5.92. The quantitative estimate of drug-likeness (QED) is 0.730. The largest absolute Gasteiger partial charge is 0.496 e. The van der Waals surface area contributed by atoms with Gasteiger partial charge in [-0.25, -0.2) is 9.50 Å². The van der Waals surface area contributed by atoms with Gasteiger partial charge >= 0.3 is 0 Å². The smallest absolute Gasteiger partial charge is 0.154 e. The summed E-state index contributed by atoms with van der Waals surface area (Å²) in [6.45, 7) is 0. The molecule has 3 aromatic rings. The lowest BCUT2D eigenvalue weighted by atomic mass is 10.1. The van der Waals surface area contributed by atoms with Crippen molar-refractivity contribution in [3.8, 4) is 17.0 Å². The molecule has 6 heteroatoms. The standard InChI is InChI=1S/C13H11ClN4O/c1-19-11-6-8(15)2-3-9(11)10-7-16-13-5-4-12(14)17-18(10)13/h2-7H,15H2,1H3. The number of hydrogen-bond acceptors (Lipinski definition) is 4. The summed E-state index contributed by atoms with van der Waals surface area (Å²) in [7, 11) is 1.60. The van der Waals surface area contributed by atoms with Gasteiger partial charge in [-0.3, -0.25) is 0 Å². The first-order chi connectivity index (χ1) is 9.19. The Kier molecular flexibility index (Phi) is 2.76. The van der Waals surface area contributed by atoms with E-state index < -0.39 is 0 Å². The summed E-state index contributed by atoms with van der Waals surface area (Å²) in [5.74, 6) is 0.670. The highest BCUT2D eigenvalue weighted by atomic mass is 35.5. The molecule has 2 N–H and O–H groups in total. The van der Waals surface area contributed by atoms with E-state index in [1.807, 2.05) is 18.2 Å². The summed E-state index contributed by atoms with van der Waals surface area (Å²) in [5, 5.41) is 4.65. The molecule has 0 bridgehead atoms. The Hall–Kier alpha value is -2.27. The predicted molar refractivity (Wildman–Crippen MR) is 74.4 cm³/mol. The van der Waals surface area contributed by atoms with Crippen LogP contribution < -0.4 is 10.5 Å². The summed E-state index contributed by atoms with van der Waals surface area (Å²) in [4.78, 5) is 4.29. The molecule has 0 saturated heterocycles. The Labute approximate surface area is 114 Å². The van der Waals surface area contributed by atoms with Crippen LogP contribution in [0.2, 0.25) is 5.15 Å². The lowest BCUT2D eigenvalue weighted by Crippen LogP contribution is -1.97. The number of anilines is 1. The normalized spacial score (nSPS) is 10.8. The van der Waals surface area contributed by atoms with E-state index in [1.54, 1.807) is 30.0 Å². The van der Waals surface area contributed by atoms with Crippen LogP contribution in [-0.4, -0.2) is 21.7 Å². The molecule has 2 heterocycles. The van der Waals surface area contributed by atoms with E-state index in [9.17, 15) is 0 Å². The maximum absolute atomic E-state index is 5.92. The first-order valence-corrected chi connectivity index (χ1v) is 6.01. The highest BCUT2D eigenvalue weighted by molar-refractivity contribution is 6.29. The molecule has 0 spiro atoms. The lowest BCUT2D eigenvalue weighted by Gasteiger charge is -2.08. The van der Waals surface area contributed by atoms with Crippen LogP contribution >= 0.6 is 11.6 Å². The maximum Gasteiger partial charge on any atom is 0.154 e. The first kappa shape index (κ1) is 11.8. The topological polar surface area (TPSA) is 65.4 Å². The van der Waals surface area contributed by atoms with Gasteiger partial charge in [0.15, 0.2) is 5.65 Å². The highest BCUT2D eigenvalue weighted by Gasteiger charge is 2.12. The average molecular weight is 275 g/mol. The fraction of sp³-hybridized carbons (Fsp3) is 0.0769. The van der Waals surface area contributed by atoms with Crippen LogP contribution in [0.5, 0.6) is 5.75 Å². The molecule has 0 amide bonds. The van der Waals surface area contributed by atoms with Crippen LogP contribution in [0.3, 0.4) is 0 Å². The number of hydrogen-bond donors (Lipinski definition) is 1. The van der Waals surface area contributed by atoms with Gasteiger partial charge in [0, 0.05) is 17.3 Å². The molecule has 2 aromatic heterocycles. The van der Waals surface area contributed by atoms with Crippen molar-refractivity contribution >= 4 is 22.9 Å². The van der Waals surface area contributed by atoms with Crippen LogP contribution in [0.1, 0.15) is 0 Å². The molecule has 3 rings (SSSR count). The van der Waals surface area contributed by atoms with Gasteiger partial charge in [-0.05, 0) is 24.3 Å². The second kappa shape index (κ2) is 4.44. The molecule has 0 fully saturated rings. The second-order valence-corrected chi connectivity index (χ2v) is 4.42. The minimum Gasteiger partial charge on any atom is -0.496 e. The van der Waals surface area contributed by atoms with Crippen molar-refractivity contribution in [1.29, 1.82) is 0 Å². The van der Waals surface area contributed by atoms with E-state index in [-0.39, 0.29) is 0 Å². The van der Waals surface area contributed by atoms with Crippen molar-refractivity contribution in [1.82, 2.24) is 14.6 Å². The number of nitrogen functional groups attached to an aromatic ring is 1. The molecule has 5 nitrogen and oxygen atoms in total. The Balaban J connectivity index is 2.27. The molecule has 0 atom stereocenters. The summed E-state index contributed by atoms with van der Waals surface area (Å²) in [6.07, 6.45) is 1.73. The fourth-order valence-electron chi connectivity index (χ4n) is 1.95. The summed E-state index contributed by atoms with van der Waals surface area (Å²) in [6, 6.07) is 8.96. The SMILES string of the molecule is COc1cc(N)ccc1-c1cnc2ccc(Cl)nn12. The number of nitrogens with zero attached hydrogens (tertiary/aromatic N) is 3. The Morgan fingerprint density at radius 3 is 2.89 bits per heavy atom. The van der Waals surface area contributed by atoms with Gasteiger partial charge in [0.25, 0.3) is 0 Å². The molecule has 96 valence electrons. The molecular formula is C13H11ClN4O. The van der Waals surface area contributed by atoms with Crippen molar-refractivity contribution in [2.75, 3.05) is 12.8 Å². The molecule has 0 saturated carbocycles. The van der Waals surface area contributed by atoms with E-state index in [2.05, 4.69) is 10.1 Å². The zero-order valence-electron chi connectivity index (χ0n) is 10.2. The van der Waals surface area contributed by atoms with Crippen LogP contribution in [0, 0.1) is 0 Å². The van der Waals surface area contributed by atoms with Crippen molar-refractivity contribution in [2.24, 2.45) is 0 Å². The van der Waals surface area contributed by atoms with E-state index in [0.717, 1.165) is 16.9 Å². The second-order valence-electron chi connectivity index (χ2n) is 4.03. The van der Waals surface area contributed by atoms with Gasteiger partial charge in [0.1, 0.15) is 10.9 Å². The first-order valence-electron chi connectivity index (χ1n) is 5.63. The van der Waals surface area contributed by atoms with E-state index in [0.29, 0.717) is 16.6 Å². The zero-order valence-corrected chi connectivity index (χ0v) is 10.9. The third-order valence-corrected chi connectivity index (χ3v) is 3.03. The number of imidazole rings is 1. The minimum absolute atomic E-state index is 0.404. The Morgan fingerprint density at radius 1 is 1.26 bits per heavy atom. The fourth-order valence-corrected chi connectivity index (χ4v) is 2.09. The van der Waals surface area contributed by atoms with E-state index >= 15 is 0 Å². The zero-order chi connectivity index (χ0) is 13.4. The van der Waals surface area contributed by atoms with Crippen LogP contribution in [-0.2, 0) is 0 Å². The Bertz CT molecular complexity index is 753. The number of aromatic nitrogens is 3. The van der Waals surface area contributed by atoms with Crippen molar-refractivity contribution in [3.63, 3.8) is 0 Å². The Morgan fingerprint density at radius 2 is 2.11 bits per heavy atom. The summed E-state index contributed by atoms with van der Waals surface area (Å²) >= 11 is 5.92. The number of nitrogens with two attached hydrogens (primary N) is 1. The van der Waals surface area contributed by atoms with Crippen molar-refractivity contribution in [3.05, 3.63) is 41.7 Å². The third-order valence-electron chi connectivity index (χ3n) is 2.83. The molecule has 0 aliphatic heterocycles. The lowest BCUT2D eigenvalue weighted by molar-refractivity contribution is 0.416. The minimum atomic E-state index is 0.404. The molecule has 0 unspecified atom stereocenters. The monoisotopic (exact) mass is 274 g/mol. The number of methoxy groups -OCH3 is 1. The predicted octanol–water partition coefficient (Wildman–Crippen LogP) is 2.64. The van der Waals surface area contributed by atoms with Gasteiger partial charge in [-0.1, -0.05) is 11.6 Å². The molecule has 0 aliphatic carbocycles. The summed E-state index contributed by atoms with van der Waals surface area (Å²) in [5.41, 5.74) is 8.77. The molecule has 19 heavy (non-hydrogen) atoms. The molecule has 1 aromatic carbocycles. The molecule has 0 aliphatic rings. The number of rotatable bonds is 2. The van der Waals surface area contributed by atoms with E-state index in [1.165, 1.54) is 0 Å². The van der Waals surface area contributed by atoms with Gasteiger partial charge in [0.05, 0.1) is 19.0 Å². The summed E-state index contributed by atoms with van der Waals surface area (Å²) < 4.78 is 7.02. The molecular weight excluding hydrogens is 264 g/mol. The van der Waals surface area contributed by atoms with Crippen LogP contribution in [0.25, 0.3) is 16.9 Å². The van der Waals surface area contributed by atoms with Gasteiger partial charge in [-0.15, -0.1) is 0 Å². The number of halogens is 1. The van der Waals surface area contributed by atoms with Gasteiger partial charge in [0.2, 0.25) is 0 Å². The number of fused-ring (bicyclic) bond motifs is 1. The van der Waals surface area contributed by atoms with Gasteiger partial charge in [-0.2, -0.15) is 5.10 Å². The van der Waals surface area contributed by atoms with Crippen molar-refractivity contribution < 1.29 is 4.74 Å². The van der Waals surface area contributed by atoms with Crippen LogP contribution in [0.4, 0.5) is 5.69 Å². The van der Waals surface area contributed by atoms with E-state index in [4.69, 9.17) is 22.1 Å².